The van der Waals surface area contributed by atoms with Crippen LogP contribution in [0.15, 0.2) is 0 Å². The van der Waals surface area contributed by atoms with E-state index < -0.39 is 0 Å². The maximum absolute atomic E-state index is 5.54. The highest BCUT2D eigenvalue weighted by Crippen LogP contribution is 2.45. The smallest absolute Gasteiger partial charge is 0.0652 e. The molecule has 2 nitrogen and oxygen atoms in total. The van der Waals surface area contributed by atoms with Crippen LogP contribution in [0, 0.1) is 16.7 Å². The Morgan fingerprint density at radius 2 is 1.72 bits per heavy atom. The van der Waals surface area contributed by atoms with Crippen molar-refractivity contribution in [3.63, 3.8) is 0 Å². The fraction of sp³-hybridized carbons (Fsp3) is 1.00. The van der Waals surface area contributed by atoms with Crippen molar-refractivity contribution >= 4 is 0 Å². The molecule has 2 fully saturated rings. The van der Waals surface area contributed by atoms with E-state index in [2.05, 4.69) is 39.9 Å². The van der Waals surface area contributed by atoms with Crippen molar-refractivity contribution in [3.8, 4) is 0 Å². The zero-order valence-electron chi connectivity index (χ0n) is 13.0. The van der Waals surface area contributed by atoms with Gasteiger partial charge in [0.2, 0.25) is 0 Å². The van der Waals surface area contributed by atoms with Gasteiger partial charge in [-0.3, -0.25) is 0 Å². The van der Waals surface area contributed by atoms with Gasteiger partial charge in [0.05, 0.1) is 6.10 Å². The molecule has 4 atom stereocenters. The van der Waals surface area contributed by atoms with Crippen LogP contribution in [0.1, 0.15) is 60.3 Å². The molecule has 4 unspecified atom stereocenters. The van der Waals surface area contributed by atoms with Gasteiger partial charge < -0.3 is 10.1 Å². The van der Waals surface area contributed by atoms with E-state index in [1.165, 1.54) is 25.7 Å². The fourth-order valence-corrected chi connectivity index (χ4v) is 4.33. The van der Waals surface area contributed by atoms with Crippen molar-refractivity contribution in [2.45, 2.75) is 78.5 Å². The van der Waals surface area contributed by atoms with E-state index in [4.69, 9.17) is 4.74 Å². The van der Waals surface area contributed by atoms with Crippen LogP contribution in [0.3, 0.4) is 0 Å². The standard InChI is InChI=1S/C16H31NO/c1-11-7-12(10-15(2,3)9-11)17-13-8-14(18-6)16(13,4)5/h11-14,17H,7-10H2,1-6H3. The van der Waals surface area contributed by atoms with E-state index in [9.17, 15) is 0 Å². The molecule has 2 rings (SSSR count). The van der Waals surface area contributed by atoms with Crippen LogP contribution in [0.5, 0.6) is 0 Å². The van der Waals surface area contributed by atoms with Crippen molar-refractivity contribution in [2.75, 3.05) is 7.11 Å². The van der Waals surface area contributed by atoms with Crippen LogP contribution in [0.4, 0.5) is 0 Å². The van der Waals surface area contributed by atoms with Crippen molar-refractivity contribution in [3.05, 3.63) is 0 Å². The molecule has 0 aromatic rings. The van der Waals surface area contributed by atoms with E-state index in [1.54, 1.807) is 0 Å². The molecule has 0 spiro atoms. The maximum atomic E-state index is 5.54. The van der Waals surface area contributed by atoms with Gasteiger partial charge in [-0.1, -0.05) is 34.6 Å². The van der Waals surface area contributed by atoms with Gasteiger partial charge in [-0.15, -0.1) is 0 Å². The molecule has 2 saturated carbocycles. The molecule has 1 N–H and O–H groups in total. The van der Waals surface area contributed by atoms with Crippen molar-refractivity contribution < 1.29 is 4.74 Å². The van der Waals surface area contributed by atoms with E-state index in [1.807, 2.05) is 7.11 Å². The van der Waals surface area contributed by atoms with Crippen LogP contribution < -0.4 is 5.32 Å². The number of hydrogen-bond acceptors (Lipinski definition) is 2. The largest absolute Gasteiger partial charge is 0.381 e. The minimum Gasteiger partial charge on any atom is -0.381 e. The topological polar surface area (TPSA) is 21.3 Å². The summed E-state index contributed by atoms with van der Waals surface area (Å²) in [7, 11) is 1.84. The molecular formula is C16H31NO. The first-order chi connectivity index (χ1) is 8.24. The molecule has 2 heteroatoms. The second kappa shape index (κ2) is 4.79. The molecule has 0 bridgehead atoms. The summed E-state index contributed by atoms with van der Waals surface area (Å²) < 4.78 is 5.54. The Hall–Kier alpha value is -0.0800. The summed E-state index contributed by atoms with van der Waals surface area (Å²) in [5, 5.41) is 3.92. The lowest BCUT2D eigenvalue weighted by Gasteiger charge is -2.54. The minimum absolute atomic E-state index is 0.291. The Labute approximate surface area is 113 Å². The Kier molecular flexibility index (Phi) is 3.81. The fourth-order valence-electron chi connectivity index (χ4n) is 4.33. The lowest BCUT2D eigenvalue weighted by atomic mass is 9.63. The van der Waals surface area contributed by atoms with Crippen molar-refractivity contribution in [1.29, 1.82) is 0 Å². The van der Waals surface area contributed by atoms with E-state index in [0.717, 1.165) is 5.92 Å². The maximum Gasteiger partial charge on any atom is 0.0652 e. The lowest BCUT2D eigenvalue weighted by molar-refractivity contribution is -0.103. The second-order valence-corrected chi connectivity index (χ2v) is 8.11. The highest BCUT2D eigenvalue weighted by molar-refractivity contribution is 5.04. The van der Waals surface area contributed by atoms with Gasteiger partial charge in [-0.2, -0.15) is 0 Å². The van der Waals surface area contributed by atoms with Crippen LogP contribution in [0.2, 0.25) is 0 Å². The van der Waals surface area contributed by atoms with Gasteiger partial charge in [0.25, 0.3) is 0 Å². The second-order valence-electron chi connectivity index (χ2n) is 8.11. The highest BCUT2D eigenvalue weighted by Gasteiger charge is 2.49. The molecule has 2 aliphatic rings. The third-order valence-corrected chi connectivity index (χ3v) is 5.29. The van der Waals surface area contributed by atoms with Gasteiger partial charge in [-0.05, 0) is 37.0 Å². The summed E-state index contributed by atoms with van der Waals surface area (Å²) in [6.07, 6.45) is 5.65. The first kappa shape index (κ1) is 14.3. The number of hydrogen-bond donors (Lipinski definition) is 1. The lowest BCUT2D eigenvalue weighted by Crippen LogP contribution is -2.63. The van der Waals surface area contributed by atoms with Gasteiger partial charge in [-0.25, -0.2) is 0 Å². The molecule has 0 aliphatic heterocycles. The van der Waals surface area contributed by atoms with Gasteiger partial charge in [0.15, 0.2) is 0 Å². The third kappa shape index (κ3) is 2.75. The van der Waals surface area contributed by atoms with Crippen LogP contribution in [-0.4, -0.2) is 25.3 Å². The van der Waals surface area contributed by atoms with Crippen LogP contribution in [-0.2, 0) is 4.74 Å². The molecule has 106 valence electrons. The SMILES string of the molecule is COC1CC(NC2CC(C)CC(C)(C)C2)C1(C)C. The van der Waals surface area contributed by atoms with Crippen LogP contribution >= 0.6 is 0 Å². The molecule has 0 aromatic heterocycles. The summed E-state index contributed by atoms with van der Waals surface area (Å²) in [6, 6.07) is 1.33. The van der Waals surface area contributed by atoms with Gasteiger partial charge in [0, 0.05) is 24.6 Å². The molecule has 18 heavy (non-hydrogen) atoms. The third-order valence-electron chi connectivity index (χ3n) is 5.29. The van der Waals surface area contributed by atoms with Crippen molar-refractivity contribution in [1.82, 2.24) is 5.32 Å². The Morgan fingerprint density at radius 3 is 2.22 bits per heavy atom. The summed E-state index contributed by atoms with van der Waals surface area (Å²) >= 11 is 0. The molecule has 2 aliphatic carbocycles. The number of ether oxygens (including phenoxy) is 1. The molecule has 0 radical (unpaired) electrons. The van der Waals surface area contributed by atoms with E-state index >= 15 is 0 Å². The first-order valence-corrected chi connectivity index (χ1v) is 7.53. The van der Waals surface area contributed by atoms with Crippen LogP contribution in [0.25, 0.3) is 0 Å². The molecule has 0 heterocycles. The zero-order chi connectivity index (χ0) is 13.6. The monoisotopic (exact) mass is 253 g/mol. The average Bonchev–Trinajstić information content (AvgIpc) is 2.20. The Balaban J connectivity index is 1.91. The summed E-state index contributed by atoms with van der Waals surface area (Å²) in [4.78, 5) is 0. The molecule has 0 aromatic carbocycles. The zero-order valence-corrected chi connectivity index (χ0v) is 13.0. The average molecular weight is 253 g/mol. The predicted octanol–water partition coefficient (Wildman–Crippen LogP) is 3.60. The van der Waals surface area contributed by atoms with Gasteiger partial charge >= 0.3 is 0 Å². The van der Waals surface area contributed by atoms with E-state index in [0.29, 0.717) is 29.0 Å². The molecule has 0 saturated heterocycles. The van der Waals surface area contributed by atoms with E-state index in [-0.39, 0.29) is 0 Å². The van der Waals surface area contributed by atoms with Crippen molar-refractivity contribution in [2.24, 2.45) is 16.7 Å². The summed E-state index contributed by atoms with van der Waals surface area (Å²) in [5.41, 5.74) is 0.795. The molecular weight excluding hydrogens is 222 g/mol. The number of methoxy groups -OCH3 is 1. The molecule has 0 amide bonds. The number of nitrogens with one attached hydrogen (secondary N) is 1. The Morgan fingerprint density at radius 1 is 1.06 bits per heavy atom. The predicted molar refractivity (Wildman–Crippen MR) is 76.7 cm³/mol. The highest BCUT2D eigenvalue weighted by atomic mass is 16.5. The van der Waals surface area contributed by atoms with Gasteiger partial charge in [0.1, 0.15) is 0 Å². The summed E-state index contributed by atoms with van der Waals surface area (Å²) in [6.45, 7) is 11.9. The number of rotatable bonds is 3. The minimum atomic E-state index is 0.291. The first-order valence-electron chi connectivity index (χ1n) is 7.53. The quantitative estimate of drug-likeness (QED) is 0.829. The summed E-state index contributed by atoms with van der Waals surface area (Å²) in [5.74, 6) is 0.854. The normalized spacial score (nSPS) is 42.3. The Bertz CT molecular complexity index is 297.